The van der Waals surface area contributed by atoms with Gasteiger partial charge in [-0.05, 0) is 56.0 Å². The second-order valence-electron chi connectivity index (χ2n) is 8.44. The summed E-state index contributed by atoms with van der Waals surface area (Å²) >= 11 is 6.07. The van der Waals surface area contributed by atoms with Crippen LogP contribution in [0.4, 0.5) is 5.69 Å². The third kappa shape index (κ3) is 7.46. The Bertz CT molecular complexity index is 1110. The van der Waals surface area contributed by atoms with Gasteiger partial charge in [0.15, 0.2) is 0 Å². The number of rotatable bonds is 11. The summed E-state index contributed by atoms with van der Waals surface area (Å²) in [7, 11) is -3.79. The second kappa shape index (κ2) is 12.2. The molecule has 0 saturated heterocycles. The zero-order valence-electron chi connectivity index (χ0n) is 20.4. The molecule has 0 aliphatic heterocycles. The highest BCUT2D eigenvalue weighted by Gasteiger charge is 2.32. The molecule has 2 amide bonds. The van der Waals surface area contributed by atoms with Gasteiger partial charge in [0.1, 0.15) is 12.6 Å². The molecule has 0 radical (unpaired) electrons. The van der Waals surface area contributed by atoms with Crippen LogP contribution < -0.4 is 9.62 Å². The van der Waals surface area contributed by atoms with E-state index in [9.17, 15) is 18.0 Å². The van der Waals surface area contributed by atoms with Gasteiger partial charge in [0.05, 0.1) is 11.9 Å². The number of hydrogen-bond donors (Lipinski definition) is 1. The van der Waals surface area contributed by atoms with Crippen LogP contribution in [0.1, 0.15) is 44.7 Å². The molecule has 2 aromatic carbocycles. The van der Waals surface area contributed by atoms with Crippen LogP contribution in [0.3, 0.4) is 0 Å². The van der Waals surface area contributed by atoms with Crippen LogP contribution in [0, 0.1) is 6.92 Å². The van der Waals surface area contributed by atoms with E-state index < -0.39 is 28.5 Å². The SMILES string of the molecule is CC[C@@H](C)NC(=O)[C@H](CC)N(Cc1ccccc1C)C(=O)CN(c1cccc(Cl)c1)S(C)(=O)=O. The van der Waals surface area contributed by atoms with E-state index in [1.165, 1.54) is 11.0 Å². The number of hydrogen-bond acceptors (Lipinski definition) is 4. The molecule has 2 aromatic rings. The van der Waals surface area contributed by atoms with Gasteiger partial charge in [-0.3, -0.25) is 13.9 Å². The molecule has 186 valence electrons. The van der Waals surface area contributed by atoms with E-state index in [2.05, 4.69) is 5.32 Å². The predicted octanol–water partition coefficient (Wildman–Crippen LogP) is 4.14. The fraction of sp³-hybridized carbons (Fsp3) is 0.440. The second-order valence-corrected chi connectivity index (χ2v) is 10.8. The molecule has 0 bridgehead atoms. The average Bonchev–Trinajstić information content (AvgIpc) is 2.77. The lowest BCUT2D eigenvalue weighted by Gasteiger charge is -2.33. The van der Waals surface area contributed by atoms with Gasteiger partial charge >= 0.3 is 0 Å². The molecule has 0 unspecified atom stereocenters. The Balaban J connectivity index is 2.45. The van der Waals surface area contributed by atoms with E-state index in [-0.39, 0.29) is 24.2 Å². The quantitative estimate of drug-likeness (QED) is 0.495. The van der Waals surface area contributed by atoms with E-state index >= 15 is 0 Å². The number of carbonyl (C=O) groups excluding carboxylic acids is 2. The van der Waals surface area contributed by atoms with Gasteiger partial charge < -0.3 is 10.2 Å². The van der Waals surface area contributed by atoms with Crippen molar-refractivity contribution in [2.24, 2.45) is 0 Å². The van der Waals surface area contributed by atoms with Crippen molar-refractivity contribution in [3.05, 3.63) is 64.7 Å². The summed E-state index contributed by atoms with van der Waals surface area (Å²) < 4.78 is 26.2. The first-order chi connectivity index (χ1) is 16.0. The molecule has 0 heterocycles. The molecule has 0 fully saturated rings. The first-order valence-corrected chi connectivity index (χ1v) is 13.6. The van der Waals surface area contributed by atoms with Gasteiger partial charge in [-0.15, -0.1) is 0 Å². The van der Waals surface area contributed by atoms with Gasteiger partial charge in [0.2, 0.25) is 21.8 Å². The predicted molar refractivity (Wildman–Crippen MR) is 137 cm³/mol. The van der Waals surface area contributed by atoms with Crippen LogP contribution in [-0.4, -0.2) is 50.0 Å². The molecule has 0 saturated carbocycles. The highest BCUT2D eigenvalue weighted by atomic mass is 35.5. The first kappa shape index (κ1) is 27.7. The zero-order valence-corrected chi connectivity index (χ0v) is 22.0. The lowest BCUT2D eigenvalue weighted by molar-refractivity contribution is -0.140. The highest BCUT2D eigenvalue weighted by Crippen LogP contribution is 2.23. The minimum absolute atomic E-state index is 0.0454. The molecule has 2 rings (SSSR count). The zero-order chi connectivity index (χ0) is 25.5. The lowest BCUT2D eigenvalue weighted by atomic mass is 10.1. The Morgan fingerprint density at radius 2 is 1.74 bits per heavy atom. The monoisotopic (exact) mass is 507 g/mol. The van der Waals surface area contributed by atoms with E-state index in [1.54, 1.807) is 18.2 Å². The van der Waals surface area contributed by atoms with E-state index in [0.717, 1.165) is 28.1 Å². The van der Waals surface area contributed by atoms with Crippen molar-refractivity contribution in [2.75, 3.05) is 17.1 Å². The van der Waals surface area contributed by atoms with Crippen LogP contribution >= 0.6 is 11.6 Å². The smallest absolute Gasteiger partial charge is 0.244 e. The van der Waals surface area contributed by atoms with Crippen LogP contribution in [0.5, 0.6) is 0 Å². The maximum Gasteiger partial charge on any atom is 0.244 e. The van der Waals surface area contributed by atoms with Crippen molar-refractivity contribution in [2.45, 2.75) is 59.2 Å². The van der Waals surface area contributed by atoms with Crippen LogP contribution in [0.25, 0.3) is 0 Å². The third-order valence-corrected chi connectivity index (χ3v) is 7.14. The molecule has 0 aliphatic rings. The van der Waals surface area contributed by atoms with Crippen molar-refractivity contribution in [1.29, 1.82) is 0 Å². The summed E-state index contributed by atoms with van der Waals surface area (Å²) in [6, 6.07) is 13.2. The maximum absolute atomic E-state index is 13.6. The average molecular weight is 508 g/mol. The molecule has 7 nitrogen and oxygen atoms in total. The van der Waals surface area contributed by atoms with Gasteiger partial charge in [0, 0.05) is 17.6 Å². The van der Waals surface area contributed by atoms with Gasteiger partial charge in [-0.25, -0.2) is 8.42 Å². The molecule has 2 atom stereocenters. The fourth-order valence-corrected chi connectivity index (χ4v) is 4.60. The number of nitrogens with zero attached hydrogens (tertiary/aromatic N) is 2. The Labute approximate surface area is 208 Å². The summed E-state index contributed by atoms with van der Waals surface area (Å²) in [6.45, 7) is 7.39. The normalized spacial score (nSPS) is 13.1. The fourth-order valence-electron chi connectivity index (χ4n) is 3.58. The number of benzene rings is 2. The van der Waals surface area contributed by atoms with Crippen LogP contribution in [0.2, 0.25) is 5.02 Å². The summed E-state index contributed by atoms with van der Waals surface area (Å²) in [5, 5.41) is 3.31. The number of carbonyl (C=O) groups is 2. The number of sulfonamides is 1. The number of halogens is 1. The Hall–Kier alpha value is -2.58. The summed E-state index contributed by atoms with van der Waals surface area (Å²) in [6.07, 6.45) is 2.18. The van der Waals surface area contributed by atoms with Crippen molar-refractivity contribution in [3.63, 3.8) is 0 Å². The van der Waals surface area contributed by atoms with Crippen molar-refractivity contribution < 1.29 is 18.0 Å². The Kier molecular flexibility index (Phi) is 9.94. The number of aryl methyl sites for hydroxylation is 1. The first-order valence-electron chi connectivity index (χ1n) is 11.4. The topological polar surface area (TPSA) is 86.8 Å². The molecular weight excluding hydrogens is 474 g/mol. The maximum atomic E-state index is 13.6. The van der Waals surface area contributed by atoms with Gasteiger partial charge in [-0.1, -0.05) is 55.8 Å². The molecule has 0 spiro atoms. The van der Waals surface area contributed by atoms with Crippen LogP contribution in [-0.2, 0) is 26.2 Å². The molecule has 34 heavy (non-hydrogen) atoms. The number of anilines is 1. The largest absolute Gasteiger partial charge is 0.352 e. The molecular formula is C25H34ClN3O4S. The van der Waals surface area contributed by atoms with Crippen LogP contribution in [0.15, 0.2) is 48.5 Å². The van der Waals surface area contributed by atoms with Crippen molar-refractivity contribution in [3.8, 4) is 0 Å². The third-order valence-electron chi connectivity index (χ3n) is 5.76. The van der Waals surface area contributed by atoms with E-state index in [4.69, 9.17) is 11.6 Å². The molecule has 0 aromatic heterocycles. The highest BCUT2D eigenvalue weighted by molar-refractivity contribution is 7.92. The molecule has 1 N–H and O–H groups in total. The van der Waals surface area contributed by atoms with Crippen molar-refractivity contribution in [1.82, 2.24) is 10.2 Å². The van der Waals surface area contributed by atoms with Crippen molar-refractivity contribution >= 4 is 39.1 Å². The van der Waals surface area contributed by atoms with Gasteiger partial charge in [0.25, 0.3) is 0 Å². The Morgan fingerprint density at radius 1 is 1.06 bits per heavy atom. The van der Waals surface area contributed by atoms with E-state index in [1.807, 2.05) is 52.0 Å². The molecule has 9 heteroatoms. The molecule has 0 aliphatic carbocycles. The van der Waals surface area contributed by atoms with Gasteiger partial charge in [-0.2, -0.15) is 0 Å². The standard InChI is InChI=1S/C25H34ClN3O4S/c1-6-19(4)27-25(31)23(7-2)28(16-20-12-9-8-11-18(20)3)24(30)17-29(34(5,32)33)22-14-10-13-21(26)15-22/h8-15,19,23H,6-7,16-17H2,1-5H3,(H,27,31)/t19-,23+/m1/s1. The summed E-state index contributed by atoms with van der Waals surface area (Å²) in [5.41, 5.74) is 2.16. The minimum Gasteiger partial charge on any atom is -0.352 e. The minimum atomic E-state index is -3.79. The lowest BCUT2D eigenvalue weighted by Crippen LogP contribution is -2.53. The number of nitrogens with one attached hydrogen (secondary N) is 1. The summed E-state index contributed by atoms with van der Waals surface area (Å²) in [4.78, 5) is 28.2. The Morgan fingerprint density at radius 3 is 2.29 bits per heavy atom. The van der Waals surface area contributed by atoms with E-state index in [0.29, 0.717) is 11.4 Å². The number of amides is 2. The summed E-state index contributed by atoms with van der Waals surface area (Å²) in [5.74, 6) is -0.729.